The van der Waals surface area contributed by atoms with E-state index in [1.165, 1.54) is 0 Å². The zero-order chi connectivity index (χ0) is 22.7. The minimum absolute atomic E-state index is 0.0783. The molecule has 5 nitrogen and oxygen atoms in total. The lowest BCUT2D eigenvalue weighted by molar-refractivity contribution is -0.121. The summed E-state index contributed by atoms with van der Waals surface area (Å²) in [5.74, 6) is 0.640. The maximum absolute atomic E-state index is 12.5. The highest BCUT2D eigenvalue weighted by Crippen LogP contribution is 2.31. The molecule has 2 heterocycles. The molecule has 9 heteroatoms. The number of imidazole rings is 1. The second-order valence-electron chi connectivity index (χ2n) is 7.19. The van der Waals surface area contributed by atoms with Crippen molar-refractivity contribution in [1.82, 2.24) is 19.9 Å². The molecular weight excluding hydrogens is 490 g/mol. The Bertz CT molecular complexity index is 1250. The van der Waals surface area contributed by atoms with Gasteiger partial charge in [0.05, 0.1) is 21.1 Å². The number of hydrogen-bond donors (Lipinski definition) is 1. The quantitative estimate of drug-likeness (QED) is 0.317. The second-order valence-corrected chi connectivity index (χ2v) is 8.82. The molecule has 0 spiro atoms. The van der Waals surface area contributed by atoms with Crippen molar-refractivity contribution in [2.45, 2.75) is 25.9 Å². The Hall–Kier alpha value is -2.31. The summed E-state index contributed by atoms with van der Waals surface area (Å²) >= 11 is 25.2. The number of nitrogens with zero attached hydrogens (tertiary/aromatic N) is 3. The van der Waals surface area contributed by atoms with Crippen molar-refractivity contribution in [3.63, 3.8) is 0 Å². The van der Waals surface area contributed by atoms with E-state index in [0.29, 0.717) is 45.1 Å². The molecule has 2 aromatic carbocycles. The van der Waals surface area contributed by atoms with Crippen LogP contribution in [0.2, 0.25) is 20.1 Å². The minimum Gasteiger partial charge on any atom is -0.352 e. The topological polar surface area (TPSA) is 59.8 Å². The fourth-order valence-electron chi connectivity index (χ4n) is 3.42. The lowest BCUT2D eigenvalue weighted by atomic mass is 10.1. The fourth-order valence-corrected chi connectivity index (χ4v) is 4.26. The molecule has 0 radical (unpaired) electrons. The monoisotopic (exact) mass is 506 g/mol. The smallest absolute Gasteiger partial charge is 0.222 e. The van der Waals surface area contributed by atoms with Crippen LogP contribution in [0.4, 0.5) is 0 Å². The molecule has 1 amide bonds. The number of amides is 1. The summed E-state index contributed by atoms with van der Waals surface area (Å²) in [5, 5.41) is 4.88. The van der Waals surface area contributed by atoms with Gasteiger partial charge in [-0.3, -0.25) is 9.78 Å². The summed E-state index contributed by atoms with van der Waals surface area (Å²) in [7, 11) is 0. The molecule has 0 bridgehead atoms. The standard InChI is InChI=1S/C23H18Cl4N4O/c24-16-2-1-3-17(25)15(16)10-22-30-20-11-18(26)19(27)12-21(20)31(22)9-6-23(32)29-13-14-4-7-28-8-5-14/h1-5,7-8,11-12H,6,9-10,13H2,(H,29,32). The predicted octanol–water partition coefficient (Wildman–Crippen LogP) is 6.34. The van der Waals surface area contributed by atoms with Crippen molar-refractivity contribution in [2.75, 3.05) is 0 Å². The van der Waals surface area contributed by atoms with E-state index in [9.17, 15) is 4.79 Å². The molecule has 164 valence electrons. The van der Waals surface area contributed by atoms with Gasteiger partial charge in [0.25, 0.3) is 0 Å². The van der Waals surface area contributed by atoms with Crippen molar-refractivity contribution in [2.24, 2.45) is 0 Å². The van der Waals surface area contributed by atoms with Crippen LogP contribution in [0, 0.1) is 0 Å². The van der Waals surface area contributed by atoms with Gasteiger partial charge in [0.1, 0.15) is 5.82 Å². The predicted molar refractivity (Wildman–Crippen MR) is 130 cm³/mol. The van der Waals surface area contributed by atoms with Crippen LogP contribution in [0.15, 0.2) is 54.9 Å². The molecule has 4 rings (SSSR count). The molecule has 0 aliphatic carbocycles. The number of rotatable bonds is 7. The number of benzene rings is 2. The van der Waals surface area contributed by atoms with E-state index < -0.39 is 0 Å². The first kappa shape index (κ1) is 22.9. The third-order valence-corrected chi connectivity index (χ3v) is 6.50. The molecule has 0 fully saturated rings. The molecule has 0 aliphatic rings. The van der Waals surface area contributed by atoms with Crippen molar-refractivity contribution in [3.8, 4) is 0 Å². The highest BCUT2D eigenvalue weighted by Gasteiger charge is 2.17. The summed E-state index contributed by atoms with van der Waals surface area (Å²) in [4.78, 5) is 21.2. The number of hydrogen-bond acceptors (Lipinski definition) is 3. The van der Waals surface area contributed by atoms with Crippen LogP contribution < -0.4 is 5.32 Å². The molecule has 1 N–H and O–H groups in total. The molecular formula is C23H18Cl4N4O. The maximum atomic E-state index is 12.5. The average Bonchev–Trinajstić information content (AvgIpc) is 3.10. The Labute approximate surface area is 205 Å². The largest absolute Gasteiger partial charge is 0.352 e. The third-order valence-electron chi connectivity index (χ3n) is 5.07. The Kier molecular flexibility index (Phi) is 7.21. The number of nitrogens with one attached hydrogen (secondary N) is 1. The van der Waals surface area contributed by atoms with Gasteiger partial charge in [0.2, 0.25) is 5.91 Å². The summed E-state index contributed by atoms with van der Waals surface area (Å²) in [6, 6.07) is 12.6. The highest BCUT2D eigenvalue weighted by molar-refractivity contribution is 6.42. The number of fused-ring (bicyclic) bond motifs is 1. The first-order valence-electron chi connectivity index (χ1n) is 9.85. The van der Waals surface area contributed by atoms with Gasteiger partial charge in [-0.1, -0.05) is 52.5 Å². The second kappa shape index (κ2) is 10.1. The van der Waals surface area contributed by atoms with E-state index in [2.05, 4.69) is 10.3 Å². The number of aryl methyl sites for hydroxylation is 1. The SMILES string of the molecule is O=C(CCn1c(Cc2c(Cl)cccc2Cl)nc2cc(Cl)c(Cl)cc21)NCc1ccncc1. The van der Waals surface area contributed by atoms with Crippen LogP contribution in [0.25, 0.3) is 11.0 Å². The fraction of sp³-hybridized carbons (Fsp3) is 0.174. The Morgan fingerprint density at radius 1 is 0.938 bits per heavy atom. The first-order valence-corrected chi connectivity index (χ1v) is 11.4. The van der Waals surface area contributed by atoms with E-state index in [1.54, 1.807) is 42.7 Å². The van der Waals surface area contributed by atoms with E-state index in [-0.39, 0.29) is 12.3 Å². The van der Waals surface area contributed by atoms with Crippen LogP contribution in [0.3, 0.4) is 0 Å². The number of carbonyl (C=O) groups excluding carboxylic acids is 1. The van der Waals surface area contributed by atoms with Gasteiger partial charge in [0, 0.05) is 48.4 Å². The van der Waals surface area contributed by atoms with Crippen LogP contribution in [0.5, 0.6) is 0 Å². The molecule has 32 heavy (non-hydrogen) atoms. The van der Waals surface area contributed by atoms with Crippen molar-refractivity contribution < 1.29 is 4.79 Å². The highest BCUT2D eigenvalue weighted by atomic mass is 35.5. The number of halogens is 4. The van der Waals surface area contributed by atoms with Gasteiger partial charge in [-0.25, -0.2) is 4.98 Å². The van der Waals surface area contributed by atoms with E-state index in [4.69, 9.17) is 51.4 Å². The average molecular weight is 508 g/mol. The van der Waals surface area contributed by atoms with Gasteiger partial charge < -0.3 is 9.88 Å². The normalized spacial score (nSPS) is 11.1. The number of aromatic nitrogens is 3. The molecule has 4 aromatic rings. The van der Waals surface area contributed by atoms with E-state index >= 15 is 0 Å². The van der Waals surface area contributed by atoms with Crippen molar-refractivity contribution >= 4 is 63.3 Å². The van der Waals surface area contributed by atoms with Crippen molar-refractivity contribution in [1.29, 1.82) is 0 Å². The van der Waals surface area contributed by atoms with Gasteiger partial charge in [-0.05, 0) is 47.5 Å². The molecule has 0 saturated heterocycles. The van der Waals surface area contributed by atoms with Gasteiger partial charge in [-0.15, -0.1) is 0 Å². The molecule has 2 aromatic heterocycles. The lowest BCUT2D eigenvalue weighted by Crippen LogP contribution is -2.24. The Morgan fingerprint density at radius 2 is 1.62 bits per heavy atom. The van der Waals surface area contributed by atoms with Crippen LogP contribution >= 0.6 is 46.4 Å². The number of pyridine rings is 1. The van der Waals surface area contributed by atoms with Gasteiger partial charge >= 0.3 is 0 Å². The summed E-state index contributed by atoms with van der Waals surface area (Å²) in [6.07, 6.45) is 4.06. The zero-order valence-electron chi connectivity index (χ0n) is 16.8. The summed E-state index contributed by atoms with van der Waals surface area (Å²) in [6.45, 7) is 0.851. The number of carbonyl (C=O) groups is 1. The molecule has 0 unspecified atom stereocenters. The van der Waals surface area contributed by atoms with Crippen molar-refractivity contribution in [3.05, 3.63) is 91.9 Å². The van der Waals surface area contributed by atoms with E-state index in [0.717, 1.165) is 22.5 Å². The molecule has 0 atom stereocenters. The van der Waals surface area contributed by atoms with Gasteiger partial charge in [-0.2, -0.15) is 0 Å². The first-order chi connectivity index (χ1) is 15.4. The molecule has 0 saturated carbocycles. The lowest BCUT2D eigenvalue weighted by Gasteiger charge is -2.12. The van der Waals surface area contributed by atoms with Gasteiger partial charge in [0.15, 0.2) is 0 Å². The zero-order valence-corrected chi connectivity index (χ0v) is 19.8. The minimum atomic E-state index is -0.0783. The van der Waals surface area contributed by atoms with Crippen LogP contribution in [-0.2, 0) is 24.3 Å². The Balaban J connectivity index is 1.59. The maximum Gasteiger partial charge on any atom is 0.222 e. The molecule has 0 aliphatic heterocycles. The van der Waals surface area contributed by atoms with Crippen LogP contribution in [-0.4, -0.2) is 20.4 Å². The third kappa shape index (κ3) is 5.18. The van der Waals surface area contributed by atoms with Crippen LogP contribution in [0.1, 0.15) is 23.4 Å². The summed E-state index contributed by atoms with van der Waals surface area (Å²) < 4.78 is 1.96. The Morgan fingerprint density at radius 3 is 2.34 bits per heavy atom. The van der Waals surface area contributed by atoms with E-state index in [1.807, 2.05) is 16.7 Å². The summed E-state index contributed by atoms with van der Waals surface area (Å²) in [5.41, 5.74) is 3.23.